The van der Waals surface area contributed by atoms with E-state index in [0.717, 1.165) is 35.6 Å². The fourth-order valence-corrected chi connectivity index (χ4v) is 4.04. The van der Waals surface area contributed by atoms with Gasteiger partial charge in [-0.2, -0.15) is 0 Å². The first-order valence-electron chi connectivity index (χ1n) is 8.08. The lowest BCUT2D eigenvalue weighted by Crippen LogP contribution is -2.25. The highest BCUT2D eigenvalue weighted by molar-refractivity contribution is 5.87. The molecule has 1 aliphatic carbocycles. The number of benzene rings is 1. The Kier molecular flexibility index (Phi) is 3.51. The summed E-state index contributed by atoms with van der Waals surface area (Å²) in [6.45, 7) is 4.61. The molecule has 3 atom stereocenters. The number of methoxy groups -OCH3 is 1. The second kappa shape index (κ2) is 5.52. The van der Waals surface area contributed by atoms with Gasteiger partial charge in [-0.1, -0.05) is 12.1 Å². The maximum Gasteiger partial charge on any atom is 0.145 e. The standard InChI is InChI=1S/C18H23N3O/c1-21(11-16-14-8-19-9-15(14)16)10-12-5-6-17(22-2)18-13(12)4-3-7-20-18/h3-7,14-16,19H,8-11H2,1-2H3/t14-,15+,16?. The minimum absolute atomic E-state index is 0.852. The molecule has 4 nitrogen and oxygen atoms in total. The van der Waals surface area contributed by atoms with E-state index >= 15 is 0 Å². The summed E-state index contributed by atoms with van der Waals surface area (Å²) in [5.41, 5.74) is 2.29. The first-order valence-corrected chi connectivity index (χ1v) is 8.08. The highest BCUT2D eigenvalue weighted by Gasteiger charge is 2.52. The molecule has 22 heavy (non-hydrogen) atoms. The van der Waals surface area contributed by atoms with Gasteiger partial charge >= 0.3 is 0 Å². The smallest absolute Gasteiger partial charge is 0.145 e. The number of rotatable bonds is 5. The fourth-order valence-electron chi connectivity index (χ4n) is 4.04. The van der Waals surface area contributed by atoms with E-state index in [-0.39, 0.29) is 0 Å². The van der Waals surface area contributed by atoms with Gasteiger partial charge in [-0.25, -0.2) is 0 Å². The van der Waals surface area contributed by atoms with Crippen LogP contribution in [0.2, 0.25) is 0 Å². The molecule has 0 bridgehead atoms. The zero-order valence-corrected chi connectivity index (χ0v) is 13.2. The van der Waals surface area contributed by atoms with Crippen LogP contribution in [0.15, 0.2) is 30.5 Å². The minimum atomic E-state index is 0.852. The second-order valence-corrected chi connectivity index (χ2v) is 6.67. The van der Waals surface area contributed by atoms with Gasteiger partial charge in [0.1, 0.15) is 11.3 Å². The van der Waals surface area contributed by atoms with Gasteiger partial charge in [0, 0.05) is 24.7 Å². The van der Waals surface area contributed by atoms with E-state index in [4.69, 9.17) is 4.74 Å². The predicted molar refractivity (Wildman–Crippen MR) is 88.0 cm³/mol. The van der Waals surface area contributed by atoms with Crippen molar-refractivity contribution in [3.63, 3.8) is 0 Å². The summed E-state index contributed by atoms with van der Waals surface area (Å²) >= 11 is 0. The van der Waals surface area contributed by atoms with Gasteiger partial charge in [0.25, 0.3) is 0 Å². The highest BCUT2D eigenvalue weighted by atomic mass is 16.5. The van der Waals surface area contributed by atoms with Crippen molar-refractivity contribution in [2.45, 2.75) is 6.54 Å². The number of aromatic nitrogens is 1. The summed E-state index contributed by atoms with van der Waals surface area (Å²) in [6, 6.07) is 8.36. The SMILES string of the molecule is COc1ccc(CN(C)CC2[C@H]3CNC[C@@H]23)c2cccnc12. The fraction of sp³-hybridized carbons (Fsp3) is 0.500. The molecule has 1 saturated carbocycles. The van der Waals surface area contributed by atoms with Gasteiger partial charge in [-0.05, 0) is 55.6 Å². The van der Waals surface area contributed by atoms with Crippen LogP contribution in [0.1, 0.15) is 5.56 Å². The Hall–Kier alpha value is -1.65. The zero-order chi connectivity index (χ0) is 15.1. The molecule has 0 amide bonds. The van der Waals surface area contributed by atoms with E-state index in [1.807, 2.05) is 18.3 Å². The number of piperidine rings is 1. The number of nitrogens with zero attached hydrogens (tertiary/aromatic N) is 2. The Bertz CT molecular complexity index is 677. The Morgan fingerprint density at radius 1 is 1.27 bits per heavy atom. The largest absolute Gasteiger partial charge is 0.494 e. The van der Waals surface area contributed by atoms with Gasteiger partial charge in [0.15, 0.2) is 0 Å². The lowest BCUT2D eigenvalue weighted by Gasteiger charge is -2.19. The average Bonchev–Trinajstić information content (AvgIpc) is 2.97. The number of fused-ring (bicyclic) bond motifs is 2. The first-order chi connectivity index (χ1) is 10.8. The van der Waals surface area contributed by atoms with Gasteiger partial charge in [-0.15, -0.1) is 0 Å². The van der Waals surface area contributed by atoms with Crippen LogP contribution in [0, 0.1) is 17.8 Å². The van der Waals surface area contributed by atoms with Crippen molar-refractivity contribution in [1.29, 1.82) is 0 Å². The van der Waals surface area contributed by atoms with Crippen LogP contribution < -0.4 is 10.1 Å². The lowest BCUT2D eigenvalue weighted by atomic mass is 10.1. The van der Waals surface area contributed by atoms with Crippen LogP contribution in [0.5, 0.6) is 5.75 Å². The molecule has 1 saturated heterocycles. The third-order valence-electron chi connectivity index (χ3n) is 5.27. The molecule has 1 aromatic heterocycles. The third-order valence-corrected chi connectivity index (χ3v) is 5.27. The molecule has 1 aromatic carbocycles. The van der Waals surface area contributed by atoms with E-state index in [9.17, 15) is 0 Å². The minimum Gasteiger partial charge on any atom is -0.494 e. The third kappa shape index (κ3) is 2.36. The molecule has 2 aliphatic rings. The van der Waals surface area contributed by atoms with Crippen LogP contribution in [-0.4, -0.2) is 43.7 Å². The van der Waals surface area contributed by atoms with Crippen molar-refractivity contribution >= 4 is 10.9 Å². The van der Waals surface area contributed by atoms with Crippen LogP contribution in [0.25, 0.3) is 10.9 Å². The summed E-state index contributed by atoms with van der Waals surface area (Å²) < 4.78 is 5.43. The van der Waals surface area contributed by atoms with Gasteiger partial charge in [0.05, 0.1) is 7.11 Å². The van der Waals surface area contributed by atoms with Crippen molar-refractivity contribution < 1.29 is 4.74 Å². The monoisotopic (exact) mass is 297 g/mol. The van der Waals surface area contributed by atoms with Crippen LogP contribution >= 0.6 is 0 Å². The van der Waals surface area contributed by atoms with Crippen molar-refractivity contribution in [3.8, 4) is 5.75 Å². The van der Waals surface area contributed by atoms with Crippen LogP contribution in [0.3, 0.4) is 0 Å². The molecule has 1 unspecified atom stereocenters. The van der Waals surface area contributed by atoms with E-state index in [1.54, 1.807) is 7.11 Å². The normalized spacial score (nSPS) is 26.4. The maximum atomic E-state index is 5.43. The quantitative estimate of drug-likeness (QED) is 0.917. The van der Waals surface area contributed by atoms with Gasteiger partial charge in [0.2, 0.25) is 0 Å². The molecule has 0 spiro atoms. The van der Waals surface area contributed by atoms with Crippen LogP contribution in [-0.2, 0) is 6.54 Å². The molecule has 4 heteroatoms. The molecule has 2 aromatic rings. The summed E-state index contributed by atoms with van der Waals surface area (Å²) in [7, 11) is 3.93. The Morgan fingerprint density at radius 2 is 2.09 bits per heavy atom. The zero-order valence-electron chi connectivity index (χ0n) is 13.2. The number of hydrogen-bond acceptors (Lipinski definition) is 4. The average molecular weight is 297 g/mol. The Morgan fingerprint density at radius 3 is 2.86 bits per heavy atom. The number of nitrogens with one attached hydrogen (secondary N) is 1. The van der Waals surface area contributed by atoms with Gasteiger partial charge in [-0.3, -0.25) is 4.98 Å². The molecule has 2 heterocycles. The van der Waals surface area contributed by atoms with Crippen molar-refractivity contribution in [3.05, 3.63) is 36.0 Å². The predicted octanol–water partition coefficient (Wildman–Crippen LogP) is 2.14. The summed E-state index contributed by atoms with van der Waals surface area (Å²) in [5.74, 6) is 3.60. The molecule has 116 valence electrons. The van der Waals surface area contributed by atoms with E-state index in [0.29, 0.717) is 0 Å². The summed E-state index contributed by atoms with van der Waals surface area (Å²) in [6.07, 6.45) is 1.83. The molecule has 2 fully saturated rings. The Labute approximate surface area is 131 Å². The van der Waals surface area contributed by atoms with E-state index < -0.39 is 0 Å². The van der Waals surface area contributed by atoms with Crippen molar-refractivity contribution in [2.24, 2.45) is 17.8 Å². The molecule has 0 radical (unpaired) electrons. The summed E-state index contributed by atoms with van der Waals surface area (Å²) in [4.78, 5) is 6.94. The molecule has 1 aliphatic heterocycles. The molecular formula is C18H23N3O. The Balaban J connectivity index is 1.51. The topological polar surface area (TPSA) is 37.4 Å². The lowest BCUT2D eigenvalue weighted by molar-refractivity contribution is 0.297. The number of ether oxygens (including phenoxy) is 1. The van der Waals surface area contributed by atoms with Crippen molar-refractivity contribution in [1.82, 2.24) is 15.2 Å². The number of hydrogen-bond donors (Lipinski definition) is 1. The second-order valence-electron chi connectivity index (χ2n) is 6.67. The summed E-state index contributed by atoms with van der Waals surface area (Å²) in [5, 5.41) is 4.67. The van der Waals surface area contributed by atoms with E-state index in [2.05, 4.69) is 34.4 Å². The van der Waals surface area contributed by atoms with E-state index in [1.165, 1.54) is 30.6 Å². The van der Waals surface area contributed by atoms with Crippen molar-refractivity contribution in [2.75, 3.05) is 33.8 Å². The first kappa shape index (κ1) is 14.0. The van der Waals surface area contributed by atoms with Gasteiger partial charge < -0.3 is 15.0 Å². The molecular weight excluding hydrogens is 274 g/mol. The number of pyridine rings is 1. The molecule has 4 rings (SSSR count). The van der Waals surface area contributed by atoms with Crippen LogP contribution in [0.4, 0.5) is 0 Å². The maximum absolute atomic E-state index is 5.43. The highest BCUT2D eigenvalue weighted by Crippen LogP contribution is 2.48. The molecule has 1 N–H and O–H groups in total.